The second kappa shape index (κ2) is 6.36. The fourth-order valence-corrected chi connectivity index (χ4v) is 2.55. The zero-order valence-electron chi connectivity index (χ0n) is 11.5. The SMILES string of the molecule is CNc1ccc(C(=O)NC2CCCCC2)cc1[N+](=O)[O-]. The average Bonchev–Trinajstić information content (AvgIpc) is 2.47. The van der Waals surface area contributed by atoms with Crippen LogP contribution in [0.25, 0.3) is 0 Å². The first-order valence-corrected chi connectivity index (χ1v) is 6.89. The van der Waals surface area contributed by atoms with Crippen molar-refractivity contribution < 1.29 is 9.72 Å². The Morgan fingerprint density at radius 2 is 2.00 bits per heavy atom. The van der Waals surface area contributed by atoms with Gasteiger partial charge in [-0.1, -0.05) is 19.3 Å². The fourth-order valence-electron chi connectivity index (χ4n) is 2.55. The molecule has 0 bridgehead atoms. The zero-order valence-corrected chi connectivity index (χ0v) is 11.5. The molecule has 108 valence electrons. The maximum Gasteiger partial charge on any atom is 0.293 e. The summed E-state index contributed by atoms with van der Waals surface area (Å²) in [5.74, 6) is -0.234. The van der Waals surface area contributed by atoms with Gasteiger partial charge in [-0.25, -0.2) is 0 Å². The summed E-state index contributed by atoms with van der Waals surface area (Å²) in [6.45, 7) is 0. The van der Waals surface area contributed by atoms with Gasteiger partial charge in [-0.15, -0.1) is 0 Å². The van der Waals surface area contributed by atoms with Gasteiger partial charge in [-0.2, -0.15) is 0 Å². The molecule has 1 amide bonds. The Morgan fingerprint density at radius 3 is 2.60 bits per heavy atom. The van der Waals surface area contributed by atoms with E-state index in [-0.39, 0.29) is 17.6 Å². The van der Waals surface area contributed by atoms with E-state index >= 15 is 0 Å². The van der Waals surface area contributed by atoms with E-state index in [1.54, 1.807) is 19.2 Å². The minimum Gasteiger partial charge on any atom is -0.383 e. The second-order valence-corrected chi connectivity index (χ2v) is 5.05. The molecule has 0 saturated heterocycles. The normalized spacial score (nSPS) is 15.7. The Morgan fingerprint density at radius 1 is 1.30 bits per heavy atom. The van der Waals surface area contributed by atoms with Gasteiger partial charge in [0.25, 0.3) is 11.6 Å². The van der Waals surface area contributed by atoms with E-state index < -0.39 is 4.92 Å². The monoisotopic (exact) mass is 277 g/mol. The van der Waals surface area contributed by atoms with Crippen LogP contribution in [0.15, 0.2) is 18.2 Å². The second-order valence-electron chi connectivity index (χ2n) is 5.05. The lowest BCUT2D eigenvalue weighted by Crippen LogP contribution is -2.36. The van der Waals surface area contributed by atoms with Crippen LogP contribution in [-0.4, -0.2) is 23.9 Å². The summed E-state index contributed by atoms with van der Waals surface area (Å²) in [6, 6.07) is 4.69. The summed E-state index contributed by atoms with van der Waals surface area (Å²) in [6.07, 6.45) is 5.45. The van der Waals surface area contributed by atoms with E-state index in [0.717, 1.165) is 25.7 Å². The van der Waals surface area contributed by atoms with Crippen LogP contribution in [0.1, 0.15) is 42.5 Å². The third-order valence-corrected chi connectivity index (χ3v) is 3.67. The number of hydrogen-bond acceptors (Lipinski definition) is 4. The highest BCUT2D eigenvalue weighted by atomic mass is 16.6. The Labute approximate surface area is 117 Å². The number of anilines is 1. The maximum absolute atomic E-state index is 12.1. The number of nitrogens with zero attached hydrogens (tertiary/aromatic N) is 1. The molecule has 0 spiro atoms. The van der Waals surface area contributed by atoms with Crippen LogP contribution in [0.5, 0.6) is 0 Å². The van der Waals surface area contributed by atoms with Crippen LogP contribution in [0, 0.1) is 10.1 Å². The van der Waals surface area contributed by atoms with E-state index in [1.165, 1.54) is 12.5 Å². The van der Waals surface area contributed by atoms with Crippen molar-refractivity contribution in [2.24, 2.45) is 0 Å². The lowest BCUT2D eigenvalue weighted by Gasteiger charge is -2.22. The van der Waals surface area contributed by atoms with Crippen molar-refractivity contribution in [1.29, 1.82) is 0 Å². The molecule has 20 heavy (non-hydrogen) atoms. The molecule has 2 rings (SSSR count). The molecule has 1 aliphatic rings. The molecule has 0 heterocycles. The largest absolute Gasteiger partial charge is 0.383 e. The van der Waals surface area contributed by atoms with Crippen molar-refractivity contribution in [2.75, 3.05) is 12.4 Å². The van der Waals surface area contributed by atoms with Crippen LogP contribution in [-0.2, 0) is 0 Å². The average molecular weight is 277 g/mol. The molecule has 0 aromatic heterocycles. The molecule has 1 aliphatic carbocycles. The van der Waals surface area contributed by atoms with E-state index in [4.69, 9.17) is 0 Å². The smallest absolute Gasteiger partial charge is 0.293 e. The van der Waals surface area contributed by atoms with Gasteiger partial charge in [0, 0.05) is 24.7 Å². The molecule has 0 radical (unpaired) electrons. The topological polar surface area (TPSA) is 84.3 Å². The van der Waals surface area contributed by atoms with Crippen molar-refractivity contribution in [3.63, 3.8) is 0 Å². The van der Waals surface area contributed by atoms with Crippen molar-refractivity contribution in [3.05, 3.63) is 33.9 Å². The first-order valence-electron chi connectivity index (χ1n) is 6.89. The Kier molecular flexibility index (Phi) is 4.55. The summed E-state index contributed by atoms with van der Waals surface area (Å²) in [5.41, 5.74) is 0.661. The lowest BCUT2D eigenvalue weighted by atomic mass is 9.95. The molecular formula is C14H19N3O3. The van der Waals surface area contributed by atoms with Gasteiger partial charge in [0.05, 0.1) is 4.92 Å². The Hall–Kier alpha value is -2.11. The maximum atomic E-state index is 12.1. The summed E-state index contributed by atoms with van der Waals surface area (Å²) in [4.78, 5) is 22.6. The molecule has 1 fully saturated rings. The van der Waals surface area contributed by atoms with Gasteiger partial charge in [-0.05, 0) is 25.0 Å². The molecule has 6 nitrogen and oxygen atoms in total. The summed E-state index contributed by atoms with van der Waals surface area (Å²) in [7, 11) is 1.62. The van der Waals surface area contributed by atoms with Crippen molar-refractivity contribution in [3.8, 4) is 0 Å². The van der Waals surface area contributed by atoms with Crippen molar-refractivity contribution in [1.82, 2.24) is 5.32 Å². The van der Waals surface area contributed by atoms with Crippen LogP contribution < -0.4 is 10.6 Å². The summed E-state index contributed by atoms with van der Waals surface area (Å²) >= 11 is 0. The van der Waals surface area contributed by atoms with Crippen molar-refractivity contribution >= 4 is 17.3 Å². The highest BCUT2D eigenvalue weighted by molar-refractivity contribution is 5.95. The predicted octanol–water partition coefficient (Wildman–Crippen LogP) is 2.70. The van der Waals surface area contributed by atoms with E-state index in [2.05, 4.69) is 10.6 Å². The lowest BCUT2D eigenvalue weighted by molar-refractivity contribution is -0.384. The number of nitrogens with one attached hydrogen (secondary N) is 2. The third kappa shape index (κ3) is 3.26. The number of benzene rings is 1. The van der Waals surface area contributed by atoms with Gasteiger partial charge in [0.2, 0.25) is 0 Å². The standard InChI is InChI=1S/C14H19N3O3/c1-15-12-8-7-10(9-13(12)17(19)20)14(18)16-11-5-3-2-4-6-11/h7-9,11,15H,2-6H2,1H3,(H,16,18). The molecule has 2 N–H and O–H groups in total. The number of hydrogen-bond donors (Lipinski definition) is 2. The number of nitro benzene ring substituents is 1. The first kappa shape index (κ1) is 14.3. The zero-order chi connectivity index (χ0) is 14.5. The van der Waals surface area contributed by atoms with E-state index in [9.17, 15) is 14.9 Å². The molecular weight excluding hydrogens is 258 g/mol. The number of rotatable bonds is 4. The number of nitro groups is 1. The van der Waals surface area contributed by atoms with Gasteiger partial charge in [0.15, 0.2) is 0 Å². The first-order chi connectivity index (χ1) is 9.61. The van der Waals surface area contributed by atoms with Gasteiger partial charge in [-0.3, -0.25) is 14.9 Å². The summed E-state index contributed by atoms with van der Waals surface area (Å²) in [5, 5.41) is 16.7. The van der Waals surface area contributed by atoms with Crippen molar-refractivity contribution in [2.45, 2.75) is 38.1 Å². The minimum absolute atomic E-state index is 0.0798. The molecule has 1 saturated carbocycles. The van der Waals surface area contributed by atoms with Gasteiger partial charge in [0.1, 0.15) is 5.69 Å². The molecule has 0 atom stereocenters. The third-order valence-electron chi connectivity index (χ3n) is 3.67. The minimum atomic E-state index is -0.483. The van der Waals surface area contributed by atoms with Gasteiger partial charge >= 0.3 is 0 Å². The van der Waals surface area contributed by atoms with E-state index in [1.807, 2.05) is 0 Å². The molecule has 0 aliphatic heterocycles. The highest BCUT2D eigenvalue weighted by Gasteiger charge is 2.20. The molecule has 1 aromatic rings. The van der Waals surface area contributed by atoms with Crippen LogP contribution in [0.2, 0.25) is 0 Å². The number of carbonyl (C=O) groups excluding carboxylic acids is 1. The fraction of sp³-hybridized carbons (Fsp3) is 0.500. The number of carbonyl (C=O) groups is 1. The predicted molar refractivity (Wildman–Crippen MR) is 77.0 cm³/mol. The van der Waals surface area contributed by atoms with Gasteiger partial charge < -0.3 is 10.6 Å². The Balaban J connectivity index is 2.13. The number of amides is 1. The molecule has 0 unspecified atom stereocenters. The van der Waals surface area contributed by atoms with Crippen LogP contribution in [0.3, 0.4) is 0 Å². The highest BCUT2D eigenvalue weighted by Crippen LogP contribution is 2.25. The summed E-state index contributed by atoms with van der Waals surface area (Å²) < 4.78 is 0. The van der Waals surface area contributed by atoms with Crippen LogP contribution >= 0.6 is 0 Å². The quantitative estimate of drug-likeness (QED) is 0.654. The van der Waals surface area contributed by atoms with Crippen LogP contribution in [0.4, 0.5) is 11.4 Å². The Bertz CT molecular complexity index is 510. The molecule has 6 heteroatoms. The molecule has 1 aromatic carbocycles. The van der Waals surface area contributed by atoms with E-state index in [0.29, 0.717) is 11.3 Å².